The molecule has 2 aromatic rings. The van der Waals surface area contributed by atoms with Crippen molar-refractivity contribution < 1.29 is 14.5 Å². The molecular weight excluding hydrogens is 308 g/mol. The lowest BCUT2D eigenvalue weighted by atomic mass is 10.1. The van der Waals surface area contributed by atoms with Crippen molar-refractivity contribution in [3.63, 3.8) is 0 Å². The zero-order valence-electron chi connectivity index (χ0n) is 13.7. The number of benzene rings is 2. The maximum Gasteiger partial charge on any atom is 0.273 e. The average molecular weight is 328 g/mol. The van der Waals surface area contributed by atoms with Crippen molar-refractivity contribution in [2.45, 2.75) is 26.3 Å². The molecule has 0 heterocycles. The van der Waals surface area contributed by atoms with Crippen LogP contribution in [-0.4, -0.2) is 23.5 Å². The summed E-state index contributed by atoms with van der Waals surface area (Å²) in [7, 11) is 0. The topological polar surface area (TPSA) is 81.5 Å². The van der Waals surface area contributed by atoms with Crippen molar-refractivity contribution in [3.8, 4) is 5.75 Å². The summed E-state index contributed by atoms with van der Waals surface area (Å²) in [4.78, 5) is 22.6. The van der Waals surface area contributed by atoms with Crippen LogP contribution in [0.2, 0.25) is 0 Å². The number of nitrogens with zero attached hydrogens (tertiary/aromatic N) is 1. The Morgan fingerprint density at radius 1 is 1.21 bits per heavy atom. The highest BCUT2D eigenvalue weighted by atomic mass is 16.6. The van der Waals surface area contributed by atoms with Crippen molar-refractivity contribution in [2.24, 2.45) is 0 Å². The fourth-order valence-electron chi connectivity index (χ4n) is 2.31. The van der Waals surface area contributed by atoms with Gasteiger partial charge in [-0.1, -0.05) is 36.4 Å². The molecule has 1 N–H and O–H groups in total. The molecule has 2 aromatic carbocycles. The Kier molecular flexibility index (Phi) is 5.89. The van der Waals surface area contributed by atoms with Crippen LogP contribution in [0.4, 0.5) is 5.69 Å². The van der Waals surface area contributed by atoms with Crippen LogP contribution in [0.15, 0.2) is 48.5 Å². The summed E-state index contributed by atoms with van der Waals surface area (Å²) < 4.78 is 5.69. The predicted molar refractivity (Wildman–Crippen MR) is 91.1 cm³/mol. The lowest BCUT2D eigenvalue weighted by molar-refractivity contribution is -0.385. The molecule has 0 aromatic heterocycles. The van der Waals surface area contributed by atoms with Gasteiger partial charge in [0.2, 0.25) is 5.91 Å². The number of nitrogens with one attached hydrogen (secondary N) is 1. The van der Waals surface area contributed by atoms with Gasteiger partial charge in [-0.05, 0) is 25.5 Å². The van der Waals surface area contributed by atoms with Crippen molar-refractivity contribution in [1.82, 2.24) is 5.32 Å². The van der Waals surface area contributed by atoms with Gasteiger partial charge >= 0.3 is 0 Å². The third-order valence-electron chi connectivity index (χ3n) is 3.53. The molecule has 0 unspecified atom stereocenters. The van der Waals surface area contributed by atoms with E-state index in [1.165, 1.54) is 6.07 Å². The van der Waals surface area contributed by atoms with Crippen LogP contribution in [0, 0.1) is 17.0 Å². The van der Waals surface area contributed by atoms with E-state index in [1.54, 1.807) is 18.2 Å². The Bertz CT molecular complexity index is 730. The number of hydrogen-bond donors (Lipinski definition) is 1. The lowest BCUT2D eigenvalue weighted by Gasteiger charge is -2.16. The molecule has 0 aliphatic carbocycles. The zero-order chi connectivity index (χ0) is 17.5. The van der Waals surface area contributed by atoms with Gasteiger partial charge in [0.15, 0.2) is 0 Å². The van der Waals surface area contributed by atoms with Crippen LogP contribution in [0.3, 0.4) is 0 Å². The first-order chi connectivity index (χ1) is 11.5. The highest BCUT2D eigenvalue weighted by Crippen LogP contribution is 2.18. The molecule has 6 heteroatoms. The molecule has 0 radical (unpaired) electrons. The fraction of sp³-hybridized carbons (Fsp3) is 0.278. The van der Waals surface area contributed by atoms with E-state index < -0.39 is 4.92 Å². The van der Waals surface area contributed by atoms with E-state index in [4.69, 9.17) is 4.74 Å². The number of nitro groups is 1. The van der Waals surface area contributed by atoms with Gasteiger partial charge in [-0.3, -0.25) is 14.9 Å². The van der Waals surface area contributed by atoms with Gasteiger partial charge in [0, 0.05) is 11.6 Å². The minimum Gasteiger partial charge on any atom is -0.491 e. The smallest absolute Gasteiger partial charge is 0.273 e. The largest absolute Gasteiger partial charge is 0.491 e. The minimum atomic E-state index is -0.479. The van der Waals surface area contributed by atoms with Crippen molar-refractivity contribution in [2.75, 3.05) is 6.61 Å². The quantitative estimate of drug-likeness (QED) is 0.625. The Morgan fingerprint density at radius 2 is 1.88 bits per heavy atom. The second-order valence-electron chi connectivity index (χ2n) is 5.61. The average Bonchev–Trinajstić information content (AvgIpc) is 2.54. The molecule has 0 saturated heterocycles. The SMILES string of the molecule is Cc1ccccc1OC[C@@H](C)NC(=O)Cc1ccccc1[N+](=O)[O-]. The predicted octanol–water partition coefficient (Wildman–Crippen LogP) is 3.03. The molecule has 1 atom stereocenters. The summed E-state index contributed by atoms with van der Waals surface area (Å²) in [6, 6.07) is 13.7. The van der Waals surface area contributed by atoms with E-state index in [0.717, 1.165) is 11.3 Å². The molecule has 6 nitrogen and oxygen atoms in total. The standard InChI is InChI=1S/C18H20N2O4/c1-13-7-3-6-10-17(13)24-12-14(2)19-18(21)11-15-8-4-5-9-16(15)20(22)23/h3-10,14H,11-12H2,1-2H3,(H,19,21)/t14-/m1/s1. The van der Waals surface area contributed by atoms with Gasteiger partial charge in [0.1, 0.15) is 12.4 Å². The van der Waals surface area contributed by atoms with Gasteiger partial charge < -0.3 is 10.1 Å². The Balaban J connectivity index is 1.88. The van der Waals surface area contributed by atoms with Gasteiger partial charge in [-0.2, -0.15) is 0 Å². The van der Waals surface area contributed by atoms with Gasteiger partial charge in [0.25, 0.3) is 5.69 Å². The summed E-state index contributed by atoms with van der Waals surface area (Å²) in [6.07, 6.45) is -0.0359. The monoisotopic (exact) mass is 328 g/mol. The third kappa shape index (κ3) is 4.81. The molecule has 0 spiro atoms. The molecule has 1 amide bonds. The summed E-state index contributed by atoms with van der Waals surface area (Å²) in [6.45, 7) is 4.11. The highest BCUT2D eigenvalue weighted by molar-refractivity contribution is 5.80. The number of nitro benzene ring substituents is 1. The second kappa shape index (κ2) is 8.10. The maximum absolute atomic E-state index is 12.1. The first-order valence-electron chi connectivity index (χ1n) is 7.67. The Morgan fingerprint density at radius 3 is 2.58 bits per heavy atom. The number of aryl methyl sites for hydroxylation is 1. The Labute approximate surface area is 140 Å². The summed E-state index contributed by atoms with van der Waals surface area (Å²) in [5, 5.41) is 13.8. The Hall–Kier alpha value is -2.89. The molecule has 0 saturated carbocycles. The van der Waals surface area contributed by atoms with E-state index >= 15 is 0 Å². The number of rotatable bonds is 7. The number of carbonyl (C=O) groups is 1. The van der Waals surface area contributed by atoms with Crippen LogP contribution < -0.4 is 10.1 Å². The van der Waals surface area contributed by atoms with Crippen LogP contribution in [0.1, 0.15) is 18.1 Å². The number of ether oxygens (including phenoxy) is 1. The summed E-state index contributed by atoms with van der Waals surface area (Å²) in [5.74, 6) is 0.502. The third-order valence-corrected chi connectivity index (χ3v) is 3.53. The molecule has 0 aliphatic rings. The second-order valence-corrected chi connectivity index (χ2v) is 5.61. The number of amides is 1. The number of hydrogen-bond acceptors (Lipinski definition) is 4. The van der Waals surface area contributed by atoms with E-state index in [9.17, 15) is 14.9 Å². The van der Waals surface area contributed by atoms with E-state index in [1.807, 2.05) is 38.1 Å². The van der Waals surface area contributed by atoms with Gasteiger partial charge in [-0.15, -0.1) is 0 Å². The fourth-order valence-corrected chi connectivity index (χ4v) is 2.31. The summed E-state index contributed by atoms with van der Waals surface area (Å²) >= 11 is 0. The van der Waals surface area contributed by atoms with Crippen LogP contribution >= 0.6 is 0 Å². The van der Waals surface area contributed by atoms with E-state index in [-0.39, 0.29) is 24.1 Å². The van der Waals surface area contributed by atoms with Crippen molar-refractivity contribution in [1.29, 1.82) is 0 Å². The first-order valence-corrected chi connectivity index (χ1v) is 7.67. The summed E-state index contributed by atoms with van der Waals surface area (Å²) in [5.41, 5.74) is 1.37. The molecule has 2 rings (SSSR count). The molecule has 0 fully saturated rings. The van der Waals surface area contributed by atoms with Crippen LogP contribution in [-0.2, 0) is 11.2 Å². The van der Waals surface area contributed by atoms with E-state index in [2.05, 4.69) is 5.32 Å². The van der Waals surface area contributed by atoms with E-state index in [0.29, 0.717) is 12.2 Å². The normalized spacial score (nSPS) is 11.6. The molecule has 24 heavy (non-hydrogen) atoms. The van der Waals surface area contributed by atoms with Crippen LogP contribution in [0.5, 0.6) is 5.75 Å². The molecule has 126 valence electrons. The van der Waals surface area contributed by atoms with Gasteiger partial charge in [-0.25, -0.2) is 0 Å². The van der Waals surface area contributed by atoms with Gasteiger partial charge in [0.05, 0.1) is 17.4 Å². The highest BCUT2D eigenvalue weighted by Gasteiger charge is 2.16. The van der Waals surface area contributed by atoms with Crippen LogP contribution in [0.25, 0.3) is 0 Å². The number of carbonyl (C=O) groups excluding carboxylic acids is 1. The maximum atomic E-state index is 12.1. The number of para-hydroxylation sites is 2. The molecular formula is C18H20N2O4. The first kappa shape index (κ1) is 17.5. The molecule has 0 aliphatic heterocycles. The minimum absolute atomic E-state index is 0.0359. The van der Waals surface area contributed by atoms with Crippen molar-refractivity contribution in [3.05, 3.63) is 69.8 Å². The van der Waals surface area contributed by atoms with Crippen molar-refractivity contribution >= 4 is 11.6 Å². The molecule has 0 bridgehead atoms. The zero-order valence-corrected chi connectivity index (χ0v) is 13.7. The lowest BCUT2D eigenvalue weighted by Crippen LogP contribution is -2.37.